The van der Waals surface area contributed by atoms with Gasteiger partial charge >= 0.3 is 0 Å². The number of nitrogens with zero attached hydrogens (tertiary/aromatic N) is 3. The Balaban J connectivity index is 1.55. The molecule has 25 heavy (non-hydrogen) atoms. The Labute approximate surface area is 146 Å². The maximum absolute atomic E-state index is 12.3. The topological polar surface area (TPSA) is 103 Å². The quantitative estimate of drug-likeness (QED) is 0.770. The number of hydrogen-bond acceptors (Lipinski definition) is 5. The van der Waals surface area contributed by atoms with Gasteiger partial charge in [0.15, 0.2) is 5.69 Å². The molecule has 1 saturated heterocycles. The summed E-state index contributed by atoms with van der Waals surface area (Å²) in [5.41, 5.74) is 1.44. The molecule has 0 bridgehead atoms. The Hall–Kier alpha value is -2.74. The number of aromatic nitrogens is 3. The SMILES string of the molecule is O=C(CN1CCCCCC1)Nc1cccc(NC(=O)c2cn[nH]n2)c1. The number of likely N-dealkylation sites (tertiary alicyclic amines) is 1. The van der Waals surface area contributed by atoms with Gasteiger partial charge < -0.3 is 10.6 Å². The first-order valence-electron chi connectivity index (χ1n) is 8.50. The molecular weight excluding hydrogens is 320 g/mol. The van der Waals surface area contributed by atoms with E-state index in [0.29, 0.717) is 17.9 Å². The van der Waals surface area contributed by atoms with E-state index < -0.39 is 0 Å². The van der Waals surface area contributed by atoms with Crippen molar-refractivity contribution in [2.45, 2.75) is 25.7 Å². The van der Waals surface area contributed by atoms with Crippen molar-refractivity contribution in [2.24, 2.45) is 0 Å². The molecule has 3 N–H and O–H groups in total. The van der Waals surface area contributed by atoms with Crippen molar-refractivity contribution in [1.29, 1.82) is 0 Å². The average molecular weight is 342 g/mol. The Morgan fingerprint density at radius 1 is 1.08 bits per heavy atom. The lowest BCUT2D eigenvalue weighted by atomic mass is 10.2. The molecule has 1 aromatic heterocycles. The fraction of sp³-hybridized carbons (Fsp3) is 0.412. The number of nitrogens with one attached hydrogen (secondary N) is 3. The summed E-state index contributed by atoms with van der Waals surface area (Å²) < 4.78 is 0. The Kier molecular flexibility index (Phi) is 5.73. The van der Waals surface area contributed by atoms with Gasteiger partial charge in [0.05, 0.1) is 12.7 Å². The molecule has 0 atom stereocenters. The number of carbonyl (C=O) groups excluding carboxylic acids is 2. The second kappa shape index (κ2) is 8.39. The number of hydrogen-bond donors (Lipinski definition) is 3. The van der Waals surface area contributed by atoms with Crippen LogP contribution in [0, 0.1) is 0 Å². The van der Waals surface area contributed by atoms with Crippen LogP contribution in [0.15, 0.2) is 30.5 Å². The van der Waals surface area contributed by atoms with Crippen molar-refractivity contribution >= 4 is 23.2 Å². The smallest absolute Gasteiger partial charge is 0.277 e. The number of rotatable bonds is 5. The van der Waals surface area contributed by atoms with Gasteiger partial charge in [-0.15, -0.1) is 0 Å². The van der Waals surface area contributed by atoms with Crippen LogP contribution >= 0.6 is 0 Å². The Morgan fingerprint density at radius 3 is 2.48 bits per heavy atom. The van der Waals surface area contributed by atoms with Crippen LogP contribution in [0.4, 0.5) is 11.4 Å². The first-order chi connectivity index (χ1) is 12.2. The predicted molar refractivity (Wildman–Crippen MR) is 94.3 cm³/mol. The zero-order chi connectivity index (χ0) is 17.5. The Bertz CT molecular complexity index is 708. The van der Waals surface area contributed by atoms with Gasteiger partial charge in [0, 0.05) is 11.4 Å². The molecule has 0 spiro atoms. The first-order valence-corrected chi connectivity index (χ1v) is 8.50. The van der Waals surface area contributed by atoms with Crippen molar-refractivity contribution in [3.63, 3.8) is 0 Å². The molecule has 1 aliphatic heterocycles. The zero-order valence-corrected chi connectivity index (χ0v) is 14.0. The van der Waals surface area contributed by atoms with Crippen molar-refractivity contribution in [1.82, 2.24) is 20.3 Å². The van der Waals surface area contributed by atoms with Gasteiger partial charge in [-0.2, -0.15) is 15.4 Å². The van der Waals surface area contributed by atoms with Crippen molar-refractivity contribution in [2.75, 3.05) is 30.3 Å². The van der Waals surface area contributed by atoms with Gasteiger partial charge in [0.2, 0.25) is 5.91 Å². The van der Waals surface area contributed by atoms with Gasteiger partial charge in [-0.1, -0.05) is 18.9 Å². The van der Waals surface area contributed by atoms with E-state index in [4.69, 9.17) is 0 Å². The van der Waals surface area contributed by atoms with E-state index in [1.165, 1.54) is 19.0 Å². The third kappa shape index (κ3) is 5.12. The molecule has 2 heterocycles. The van der Waals surface area contributed by atoms with E-state index in [1.807, 2.05) is 0 Å². The number of amides is 2. The highest BCUT2D eigenvalue weighted by molar-refractivity contribution is 6.03. The maximum Gasteiger partial charge on any atom is 0.277 e. The van der Waals surface area contributed by atoms with Gasteiger partial charge in [-0.3, -0.25) is 14.5 Å². The molecule has 2 aromatic rings. The average Bonchev–Trinajstić information content (AvgIpc) is 3.01. The summed E-state index contributed by atoms with van der Waals surface area (Å²) in [6, 6.07) is 7.05. The van der Waals surface area contributed by atoms with Crippen LogP contribution in [0.2, 0.25) is 0 Å². The van der Waals surface area contributed by atoms with E-state index in [1.54, 1.807) is 24.3 Å². The minimum absolute atomic E-state index is 0.0399. The van der Waals surface area contributed by atoms with Crippen LogP contribution in [-0.2, 0) is 4.79 Å². The van der Waals surface area contributed by atoms with Crippen LogP contribution in [0.5, 0.6) is 0 Å². The summed E-state index contributed by atoms with van der Waals surface area (Å²) in [4.78, 5) is 26.4. The molecule has 0 radical (unpaired) electrons. The molecule has 0 saturated carbocycles. The molecule has 1 aromatic carbocycles. The number of anilines is 2. The Morgan fingerprint density at radius 2 is 1.80 bits per heavy atom. The third-order valence-electron chi connectivity index (χ3n) is 4.12. The van der Waals surface area contributed by atoms with E-state index in [0.717, 1.165) is 25.9 Å². The molecule has 3 rings (SSSR count). The van der Waals surface area contributed by atoms with E-state index in [2.05, 4.69) is 30.9 Å². The van der Waals surface area contributed by atoms with Gasteiger partial charge in [-0.05, 0) is 44.1 Å². The highest BCUT2D eigenvalue weighted by Gasteiger charge is 2.13. The van der Waals surface area contributed by atoms with E-state index in [9.17, 15) is 9.59 Å². The largest absolute Gasteiger partial charge is 0.325 e. The fourth-order valence-electron chi connectivity index (χ4n) is 2.88. The number of carbonyl (C=O) groups is 2. The lowest BCUT2D eigenvalue weighted by molar-refractivity contribution is -0.117. The maximum atomic E-state index is 12.3. The summed E-state index contributed by atoms with van der Waals surface area (Å²) in [6.45, 7) is 2.35. The second-order valence-electron chi connectivity index (χ2n) is 6.13. The monoisotopic (exact) mass is 342 g/mol. The number of benzene rings is 1. The molecule has 132 valence electrons. The lowest BCUT2D eigenvalue weighted by Crippen LogP contribution is -2.33. The standard InChI is InChI=1S/C17H22N6O2/c24-16(12-23-8-3-1-2-4-9-23)19-13-6-5-7-14(10-13)20-17(25)15-11-18-22-21-15/h5-7,10-11H,1-4,8-9,12H2,(H,19,24)(H,20,25)(H,18,21,22). The number of aromatic amines is 1. The van der Waals surface area contributed by atoms with Crippen molar-refractivity contribution in [3.05, 3.63) is 36.2 Å². The minimum atomic E-state index is -0.359. The summed E-state index contributed by atoms with van der Waals surface area (Å²) in [7, 11) is 0. The van der Waals surface area contributed by atoms with Gasteiger partial charge in [0.1, 0.15) is 0 Å². The van der Waals surface area contributed by atoms with Crippen LogP contribution < -0.4 is 10.6 Å². The van der Waals surface area contributed by atoms with Crippen LogP contribution in [-0.4, -0.2) is 51.8 Å². The summed E-state index contributed by atoms with van der Waals surface area (Å²) in [5.74, 6) is -0.399. The highest BCUT2D eigenvalue weighted by Crippen LogP contribution is 2.16. The molecule has 0 aliphatic carbocycles. The van der Waals surface area contributed by atoms with E-state index in [-0.39, 0.29) is 17.5 Å². The summed E-state index contributed by atoms with van der Waals surface area (Å²) in [5, 5.41) is 15.3. The van der Waals surface area contributed by atoms with Crippen LogP contribution in [0.1, 0.15) is 36.2 Å². The minimum Gasteiger partial charge on any atom is -0.325 e. The van der Waals surface area contributed by atoms with Crippen molar-refractivity contribution in [3.8, 4) is 0 Å². The molecule has 1 aliphatic rings. The van der Waals surface area contributed by atoms with Gasteiger partial charge in [-0.25, -0.2) is 0 Å². The molecule has 0 unspecified atom stereocenters. The lowest BCUT2D eigenvalue weighted by Gasteiger charge is -2.19. The van der Waals surface area contributed by atoms with Gasteiger partial charge in [0.25, 0.3) is 5.91 Å². The van der Waals surface area contributed by atoms with E-state index >= 15 is 0 Å². The molecule has 8 heteroatoms. The zero-order valence-electron chi connectivity index (χ0n) is 14.0. The second-order valence-corrected chi connectivity index (χ2v) is 6.13. The first kappa shape index (κ1) is 17.1. The molecule has 2 amide bonds. The molecule has 8 nitrogen and oxygen atoms in total. The number of H-pyrrole nitrogens is 1. The summed E-state index contributed by atoms with van der Waals surface area (Å²) >= 11 is 0. The summed E-state index contributed by atoms with van der Waals surface area (Å²) in [6.07, 6.45) is 6.13. The molecule has 1 fully saturated rings. The van der Waals surface area contributed by atoms with Crippen LogP contribution in [0.3, 0.4) is 0 Å². The highest BCUT2D eigenvalue weighted by atomic mass is 16.2. The fourth-order valence-corrected chi connectivity index (χ4v) is 2.88. The normalized spacial score (nSPS) is 15.4. The molecular formula is C17H22N6O2. The van der Waals surface area contributed by atoms with Crippen molar-refractivity contribution < 1.29 is 9.59 Å². The van der Waals surface area contributed by atoms with Crippen LogP contribution in [0.25, 0.3) is 0 Å². The predicted octanol–water partition coefficient (Wildman–Crippen LogP) is 1.87. The third-order valence-corrected chi connectivity index (χ3v) is 4.12.